The lowest BCUT2D eigenvalue weighted by Crippen LogP contribution is -2.51. The van der Waals surface area contributed by atoms with E-state index < -0.39 is 17.6 Å². The van der Waals surface area contributed by atoms with E-state index in [2.05, 4.69) is 0 Å². The summed E-state index contributed by atoms with van der Waals surface area (Å²) in [5.74, 6) is 0.106. The maximum Gasteiger partial charge on any atom is 0.238 e. The van der Waals surface area contributed by atoms with Crippen molar-refractivity contribution in [2.45, 2.75) is 18.6 Å². The largest absolute Gasteiger partial charge is 0.394 e. The molecule has 0 bridgehead atoms. The number of carbonyl (C=O) groups excluding carboxylic acids is 1. The summed E-state index contributed by atoms with van der Waals surface area (Å²) in [6.45, 7) is 1.25. The molecule has 0 aromatic heterocycles. The monoisotopic (exact) mass is 208 g/mol. The van der Waals surface area contributed by atoms with Crippen molar-refractivity contribution >= 4 is 17.7 Å². The molecule has 2 unspecified atom stereocenters. The maximum absolute atomic E-state index is 10.7. The molecule has 0 aliphatic heterocycles. The first-order valence-electron chi connectivity index (χ1n) is 3.85. The van der Waals surface area contributed by atoms with E-state index in [1.165, 1.54) is 18.7 Å². The van der Waals surface area contributed by atoms with E-state index in [9.17, 15) is 4.79 Å². The van der Waals surface area contributed by atoms with Gasteiger partial charge in [0.1, 0.15) is 5.54 Å². The molecule has 0 rings (SSSR count). The van der Waals surface area contributed by atoms with Crippen molar-refractivity contribution < 1.29 is 15.0 Å². The molecular formula is C7H16N2O3S. The highest BCUT2D eigenvalue weighted by Crippen LogP contribution is 2.11. The molecule has 0 radical (unpaired) electrons. The average molecular weight is 208 g/mol. The van der Waals surface area contributed by atoms with Gasteiger partial charge < -0.3 is 21.7 Å². The van der Waals surface area contributed by atoms with Crippen molar-refractivity contribution in [2.75, 3.05) is 18.1 Å². The van der Waals surface area contributed by atoms with Crippen molar-refractivity contribution in [3.63, 3.8) is 0 Å². The molecule has 0 aromatic rings. The second-order valence-corrected chi connectivity index (χ2v) is 4.16. The first-order chi connectivity index (χ1) is 5.90. The van der Waals surface area contributed by atoms with Gasteiger partial charge in [-0.15, -0.1) is 0 Å². The van der Waals surface area contributed by atoms with Gasteiger partial charge in [-0.1, -0.05) is 0 Å². The molecule has 0 aliphatic rings. The van der Waals surface area contributed by atoms with Gasteiger partial charge in [0.15, 0.2) is 0 Å². The van der Waals surface area contributed by atoms with Crippen molar-refractivity contribution in [1.29, 1.82) is 0 Å². The van der Waals surface area contributed by atoms with Crippen molar-refractivity contribution in [3.05, 3.63) is 0 Å². The van der Waals surface area contributed by atoms with Crippen LogP contribution in [0.4, 0.5) is 0 Å². The highest BCUT2D eigenvalue weighted by molar-refractivity contribution is 7.99. The number of aliphatic hydroxyl groups excluding tert-OH is 2. The molecule has 0 aromatic carbocycles. The number of aliphatic hydroxyl groups is 2. The number of hydrogen-bond donors (Lipinski definition) is 4. The summed E-state index contributed by atoms with van der Waals surface area (Å²) in [7, 11) is 0. The van der Waals surface area contributed by atoms with Gasteiger partial charge in [-0.3, -0.25) is 4.79 Å². The molecule has 1 amide bonds. The fraction of sp³-hybridized carbons (Fsp3) is 0.857. The molecule has 0 spiro atoms. The quantitative estimate of drug-likeness (QED) is 0.415. The summed E-state index contributed by atoms with van der Waals surface area (Å²) in [5.41, 5.74) is 9.52. The zero-order valence-corrected chi connectivity index (χ0v) is 8.38. The van der Waals surface area contributed by atoms with E-state index in [1.807, 2.05) is 0 Å². The van der Waals surface area contributed by atoms with Gasteiger partial charge in [-0.2, -0.15) is 11.8 Å². The van der Waals surface area contributed by atoms with E-state index in [0.717, 1.165) is 0 Å². The number of nitrogens with two attached hydrogens (primary N) is 2. The predicted octanol–water partition coefficient (Wildman–Crippen LogP) is -1.72. The minimum absolute atomic E-state index is 0.287. The van der Waals surface area contributed by atoms with Gasteiger partial charge in [0.05, 0.1) is 12.7 Å². The Hall–Kier alpha value is -0.300. The van der Waals surface area contributed by atoms with Crippen LogP contribution >= 0.6 is 11.8 Å². The lowest BCUT2D eigenvalue weighted by molar-refractivity contribution is -0.121. The molecule has 78 valence electrons. The summed E-state index contributed by atoms with van der Waals surface area (Å²) >= 11 is 1.29. The highest BCUT2D eigenvalue weighted by atomic mass is 32.2. The Morgan fingerprint density at radius 1 is 1.69 bits per heavy atom. The van der Waals surface area contributed by atoms with Gasteiger partial charge in [-0.25, -0.2) is 0 Å². The van der Waals surface area contributed by atoms with Crippen LogP contribution in [0.25, 0.3) is 0 Å². The summed E-state index contributed by atoms with van der Waals surface area (Å²) in [4.78, 5) is 10.7. The van der Waals surface area contributed by atoms with Crippen LogP contribution in [-0.4, -0.2) is 45.9 Å². The molecule has 2 atom stereocenters. The predicted molar refractivity (Wildman–Crippen MR) is 52.2 cm³/mol. The Kier molecular flexibility index (Phi) is 5.31. The summed E-state index contributed by atoms with van der Waals surface area (Å²) in [6, 6.07) is 0. The minimum atomic E-state index is -1.06. The van der Waals surface area contributed by atoms with Crippen LogP contribution in [0.3, 0.4) is 0 Å². The molecular weight excluding hydrogens is 192 g/mol. The third-order valence-electron chi connectivity index (χ3n) is 1.49. The summed E-state index contributed by atoms with van der Waals surface area (Å²) in [5, 5.41) is 17.5. The molecule has 0 fully saturated rings. The smallest absolute Gasteiger partial charge is 0.238 e. The Balaban J connectivity index is 3.70. The van der Waals surface area contributed by atoms with Crippen LogP contribution in [0.15, 0.2) is 0 Å². The van der Waals surface area contributed by atoms with Crippen molar-refractivity contribution in [1.82, 2.24) is 0 Å². The number of thioether (sulfide) groups is 1. The standard InChI is InChI=1S/C7H16N2O3S/c1-7(9,6(8)12)4-13-3-5(11)2-10/h5,10-11H,2-4,9H2,1H3,(H2,8,12). The molecule has 0 aliphatic carbocycles. The lowest BCUT2D eigenvalue weighted by Gasteiger charge is -2.20. The first kappa shape index (κ1) is 12.7. The Morgan fingerprint density at radius 3 is 2.62 bits per heavy atom. The van der Waals surface area contributed by atoms with Crippen LogP contribution in [0.1, 0.15) is 6.92 Å². The van der Waals surface area contributed by atoms with Gasteiger partial charge in [0.25, 0.3) is 0 Å². The fourth-order valence-electron chi connectivity index (χ4n) is 0.531. The third kappa shape index (κ3) is 5.09. The Labute approximate surface area is 81.5 Å². The molecule has 6 heteroatoms. The second-order valence-electron chi connectivity index (χ2n) is 3.13. The summed E-state index contributed by atoms with van der Waals surface area (Å²) < 4.78 is 0. The van der Waals surface area contributed by atoms with Gasteiger partial charge in [-0.05, 0) is 6.92 Å². The summed E-state index contributed by atoms with van der Waals surface area (Å²) in [6.07, 6.45) is -0.770. The average Bonchev–Trinajstić information content (AvgIpc) is 2.03. The van der Waals surface area contributed by atoms with Crippen molar-refractivity contribution in [2.24, 2.45) is 11.5 Å². The van der Waals surface area contributed by atoms with E-state index in [1.54, 1.807) is 0 Å². The van der Waals surface area contributed by atoms with Crippen LogP contribution < -0.4 is 11.5 Å². The molecule has 0 saturated carbocycles. The molecule has 6 N–H and O–H groups in total. The highest BCUT2D eigenvalue weighted by Gasteiger charge is 2.25. The van der Waals surface area contributed by atoms with E-state index in [0.29, 0.717) is 11.5 Å². The first-order valence-corrected chi connectivity index (χ1v) is 5.01. The Morgan fingerprint density at radius 2 is 2.23 bits per heavy atom. The normalized spacial score (nSPS) is 17.8. The van der Waals surface area contributed by atoms with Gasteiger partial charge in [0.2, 0.25) is 5.91 Å². The van der Waals surface area contributed by atoms with Crippen LogP contribution in [0.2, 0.25) is 0 Å². The minimum Gasteiger partial charge on any atom is -0.394 e. The van der Waals surface area contributed by atoms with Gasteiger partial charge >= 0.3 is 0 Å². The maximum atomic E-state index is 10.7. The van der Waals surface area contributed by atoms with Crippen LogP contribution in [0.5, 0.6) is 0 Å². The van der Waals surface area contributed by atoms with Gasteiger partial charge in [0, 0.05) is 11.5 Å². The lowest BCUT2D eigenvalue weighted by atomic mass is 10.1. The third-order valence-corrected chi connectivity index (χ3v) is 2.91. The molecule has 0 heterocycles. The van der Waals surface area contributed by atoms with E-state index in [-0.39, 0.29) is 6.61 Å². The van der Waals surface area contributed by atoms with Crippen LogP contribution in [-0.2, 0) is 4.79 Å². The molecule has 13 heavy (non-hydrogen) atoms. The zero-order chi connectivity index (χ0) is 10.5. The second kappa shape index (κ2) is 5.43. The Bertz CT molecular complexity index is 175. The number of primary amides is 1. The fourth-order valence-corrected chi connectivity index (χ4v) is 1.59. The molecule has 5 nitrogen and oxygen atoms in total. The zero-order valence-electron chi connectivity index (χ0n) is 7.56. The number of carbonyl (C=O) groups is 1. The van der Waals surface area contributed by atoms with Crippen LogP contribution in [0, 0.1) is 0 Å². The SMILES string of the molecule is CC(N)(CSCC(O)CO)C(N)=O. The number of amides is 1. The molecule has 0 saturated heterocycles. The van der Waals surface area contributed by atoms with E-state index >= 15 is 0 Å². The number of rotatable bonds is 6. The topological polar surface area (TPSA) is 110 Å². The number of hydrogen-bond acceptors (Lipinski definition) is 5. The van der Waals surface area contributed by atoms with E-state index in [4.69, 9.17) is 21.7 Å². The van der Waals surface area contributed by atoms with Crippen molar-refractivity contribution in [3.8, 4) is 0 Å².